The maximum absolute atomic E-state index is 12.4. The van der Waals surface area contributed by atoms with Gasteiger partial charge in [-0.2, -0.15) is 5.26 Å². The number of pyridine rings is 2. The normalized spacial score (nSPS) is 13.6. The lowest BCUT2D eigenvalue weighted by Crippen LogP contribution is -2.33. The average Bonchev–Trinajstić information content (AvgIpc) is 2.81. The Bertz CT molecular complexity index is 1250. The van der Waals surface area contributed by atoms with E-state index in [2.05, 4.69) is 26.0 Å². The quantitative estimate of drug-likeness (QED) is 0.512. The number of halogens is 4. The summed E-state index contributed by atoms with van der Waals surface area (Å²) in [4.78, 5) is 18.9. The van der Waals surface area contributed by atoms with Crippen molar-refractivity contribution in [3.8, 4) is 11.8 Å². The standard InChI is InChI=1S/C15H15ClN4O.C8H8F3NO/c1-19-11-5-6-12(16)18-13(11)14(10(9-17)15(19)21)20-7-3-2-4-8-20;1-12-6-2-4-7(5-3-6)13-8(9,10)11/h5-6H,2-4,7-8H2,1H3;2-5,12H,1H3. The summed E-state index contributed by atoms with van der Waals surface area (Å²) >= 11 is 6.02. The van der Waals surface area contributed by atoms with Gasteiger partial charge in [0.25, 0.3) is 5.56 Å². The largest absolute Gasteiger partial charge is 0.573 e. The van der Waals surface area contributed by atoms with Crippen molar-refractivity contribution in [1.29, 1.82) is 5.26 Å². The second kappa shape index (κ2) is 10.7. The molecule has 1 aliphatic heterocycles. The number of benzene rings is 1. The molecule has 180 valence electrons. The lowest BCUT2D eigenvalue weighted by molar-refractivity contribution is -0.274. The summed E-state index contributed by atoms with van der Waals surface area (Å²) in [5.41, 5.74) is 2.57. The zero-order chi connectivity index (χ0) is 24.9. The van der Waals surface area contributed by atoms with Crippen LogP contribution in [0.2, 0.25) is 5.15 Å². The Labute approximate surface area is 199 Å². The van der Waals surface area contributed by atoms with Crippen LogP contribution in [0.5, 0.6) is 5.75 Å². The van der Waals surface area contributed by atoms with Crippen LogP contribution in [0.3, 0.4) is 0 Å². The molecule has 0 amide bonds. The highest BCUT2D eigenvalue weighted by Crippen LogP contribution is 2.30. The Morgan fingerprint density at radius 1 is 1.12 bits per heavy atom. The minimum absolute atomic E-state index is 0.154. The lowest BCUT2D eigenvalue weighted by Gasteiger charge is -2.30. The third kappa shape index (κ3) is 5.91. The van der Waals surface area contributed by atoms with E-state index in [0.29, 0.717) is 21.9 Å². The molecule has 34 heavy (non-hydrogen) atoms. The van der Waals surface area contributed by atoms with Crippen molar-refractivity contribution in [1.82, 2.24) is 9.55 Å². The SMILES string of the molecule is CNc1ccc(OC(F)(F)F)cc1.Cn1c(=O)c(C#N)c(N2CCCCC2)c2nc(Cl)ccc21. The number of anilines is 2. The Balaban J connectivity index is 0.000000215. The van der Waals surface area contributed by atoms with Gasteiger partial charge in [-0.25, -0.2) is 4.98 Å². The van der Waals surface area contributed by atoms with Crippen LogP contribution < -0.4 is 20.5 Å². The van der Waals surface area contributed by atoms with Crippen LogP contribution in [-0.2, 0) is 7.05 Å². The molecule has 0 aliphatic carbocycles. The Morgan fingerprint density at radius 3 is 2.32 bits per heavy atom. The molecule has 1 fully saturated rings. The number of hydrogen-bond acceptors (Lipinski definition) is 6. The predicted octanol–water partition coefficient (Wildman–Crippen LogP) is 5.08. The highest BCUT2D eigenvalue weighted by molar-refractivity contribution is 6.29. The highest BCUT2D eigenvalue weighted by atomic mass is 35.5. The van der Waals surface area contributed by atoms with E-state index in [1.54, 1.807) is 26.2 Å². The number of hydrogen-bond donors (Lipinski definition) is 1. The van der Waals surface area contributed by atoms with Crippen molar-refractivity contribution in [2.75, 3.05) is 30.4 Å². The number of fused-ring (bicyclic) bond motifs is 1. The van der Waals surface area contributed by atoms with Gasteiger partial charge < -0.3 is 19.5 Å². The van der Waals surface area contributed by atoms with Gasteiger partial charge in [-0.05, 0) is 55.7 Å². The Kier molecular flexibility index (Phi) is 7.89. The van der Waals surface area contributed by atoms with Crippen LogP contribution in [0.15, 0.2) is 41.2 Å². The molecule has 0 saturated carbocycles. The first-order valence-corrected chi connectivity index (χ1v) is 10.9. The topological polar surface area (TPSA) is 83.2 Å². The lowest BCUT2D eigenvalue weighted by atomic mass is 10.1. The van der Waals surface area contributed by atoms with E-state index < -0.39 is 6.36 Å². The van der Waals surface area contributed by atoms with E-state index in [0.717, 1.165) is 31.6 Å². The molecule has 0 bridgehead atoms. The molecule has 3 aromatic rings. The molecule has 0 spiro atoms. The molecule has 3 heterocycles. The number of ether oxygens (including phenoxy) is 1. The van der Waals surface area contributed by atoms with E-state index in [1.807, 2.05) is 0 Å². The second-order valence-electron chi connectivity index (χ2n) is 7.57. The van der Waals surface area contributed by atoms with Crippen molar-refractivity contribution in [2.24, 2.45) is 7.05 Å². The molecule has 1 N–H and O–H groups in total. The number of piperidine rings is 1. The number of nitriles is 1. The number of aromatic nitrogens is 2. The molecule has 0 unspecified atom stereocenters. The zero-order valence-corrected chi connectivity index (χ0v) is 19.4. The monoisotopic (exact) mass is 493 g/mol. The summed E-state index contributed by atoms with van der Waals surface area (Å²) < 4.78 is 40.2. The van der Waals surface area contributed by atoms with Crippen molar-refractivity contribution in [2.45, 2.75) is 25.6 Å². The van der Waals surface area contributed by atoms with Gasteiger partial charge >= 0.3 is 6.36 Å². The van der Waals surface area contributed by atoms with Crippen molar-refractivity contribution in [3.63, 3.8) is 0 Å². The van der Waals surface area contributed by atoms with Crippen molar-refractivity contribution < 1.29 is 17.9 Å². The number of nitrogens with zero attached hydrogens (tertiary/aromatic N) is 4. The van der Waals surface area contributed by atoms with Gasteiger partial charge in [0.1, 0.15) is 28.1 Å². The van der Waals surface area contributed by atoms with Gasteiger partial charge in [0.2, 0.25) is 0 Å². The minimum atomic E-state index is -4.62. The first-order chi connectivity index (χ1) is 16.1. The van der Waals surface area contributed by atoms with Gasteiger partial charge in [-0.3, -0.25) is 4.79 Å². The molecule has 11 heteroatoms. The van der Waals surface area contributed by atoms with Crippen LogP contribution in [0, 0.1) is 11.3 Å². The third-order valence-corrected chi connectivity index (χ3v) is 5.55. The van der Waals surface area contributed by atoms with E-state index in [-0.39, 0.29) is 16.9 Å². The second-order valence-corrected chi connectivity index (χ2v) is 7.96. The maximum Gasteiger partial charge on any atom is 0.573 e. The van der Waals surface area contributed by atoms with Crippen molar-refractivity contribution >= 4 is 34.0 Å². The number of nitrogens with one attached hydrogen (secondary N) is 1. The minimum Gasteiger partial charge on any atom is -0.406 e. The fourth-order valence-corrected chi connectivity index (χ4v) is 3.87. The molecule has 0 atom stereocenters. The van der Waals surface area contributed by atoms with Crippen LogP contribution in [0.4, 0.5) is 24.5 Å². The van der Waals surface area contributed by atoms with Crippen LogP contribution in [0.1, 0.15) is 24.8 Å². The number of aryl methyl sites for hydroxylation is 1. The molecule has 1 aliphatic rings. The van der Waals surface area contributed by atoms with Gasteiger partial charge in [0.05, 0.1) is 11.2 Å². The molecule has 2 aromatic heterocycles. The first-order valence-electron chi connectivity index (χ1n) is 10.5. The molecular weight excluding hydrogens is 471 g/mol. The summed E-state index contributed by atoms with van der Waals surface area (Å²) in [7, 11) is 3.33. The predicted molar refractivity (Wildman–Crippen MR) is 125 cm³/mol. The van der Waals surface area contributed by atoms with E-state index in [1.165, 1.54) is 35.3 Å². The third-order valence-electron chi connectivity index (χ3n) is 5.34. The summed E-state index contributed by atoms with van der Waals surface area (Å²) in [6, 6.07) is 11.0. The van der Waals surface area contributed by atoms with Crippen molar-refractivity contribution in [3.05, 3.63) is 57.5 Å². The number of alkyl halides is 3. The van der Waals surface area contributed by atoms with Gasteiger partial charge in [0.15, 0.2) is 0 Å². The molecule has 1 aromatic carbocycles. The van der Waals surface area contributed by atoms with E-state index in [9.17, 15) is 23.2 Å². The summed E-state index contributed by atoms with van der Waals surface area (Å²) in [5, 5.41) is 12.6. The fourth-order valence-electron chi connectivity index (χ4n) is 3.72. The average molecular weight is 494 g/mol. The molecular formula is C23H23ClF3N5O2. The maximum atomic E-state index is 12.4. The molecule has 0 radical (unpaired) electrons. The Morgan fingerprint density at radius 2 is 1.76 bits per heavy atom. The van der Waals surface area contributed by atoms with Gasteiger partial charge in [-0.15, -0.1) is 13.2 Å². The van der Waals surface area contributed by atoms with Crippen LogP contribution >= 0.6 is 11.6 Å². The smallest absolute Gasteiger partial charge is 0.406 e. The number of rotatable bonds is 3. The van der Waals surface area contributed by atoms with E-state index in [4.69, 9.17) is 11.6 Å². The molecule has 4 rings (SSSR count). The summed E-state index contributed by atoms with van der Waals surface area (Å²) in [5.74, 6) is -0.216. The molecule has 7 nitrogen and oxygen atoms in total. The van der Waals surface area contributed by atoms with Gasteiger partial charge in [-0.1, -0.05) is 11.6 Å². The zero-order valence-electron chi connectivity index (χ0n) is 18.6. The Hall–Kier alpha value is -3.45. The first kappa shape index (κ1) is 25.2. The highest BCUT2D eigenvalue weighted by Gasteiger charge is 2.31. The van der Waals surface area contributed by atoms with E-state index >= 15 is 0 Å². The van der Waals surface area contributed by atoms with Crippen LogP contribution in [0.25, 0.3) is 11.0 Å². The summed E-state index contributed by atoms with van der Waals surface area (Å²) in [6.07, 6.45) is -1.33. The fraction of sp³-hybridized carbons (Fsp3) is 0.348. The summed E-state index contributed by atoms with van der Waals surface area (Å²) in [6.45, 7) is 1.68. The molecule has 1 saturated heterocycles. The van der Waals surface area contributed by atoms with Crippen LogP contribution in [-0.4, -0.2) is 36.1 Å². The van der Waals surface area contributed by atoms with Gasteiger partial charge in [0, 0.05) is 32.9 Å².